The number of methoxy groups -OCH3 is 1. The van der Waals surface area contributed by atoms with Crippen molar-refractivity contribution in [3.05, 3.63) is 18.2 Å². The molecule has 0 amide bonds. The van der Waals surface area contributed by atoms with Crippen LogP contribution in [-0.4, -0.2) is 34.0 Å². The predicted octanol–water partition coefficient (Wildman–Crippen LogP) is 1.23. The standard InChI is InChI=1S/C12H17NO4S/c1-16-9-2-3-11(13)12(8-9)18(14,15)10-4-6-17-7-5-10/h2-3,8,10H,4-7,13H2,1H3. The van der Waals surface area contributed by atoms with Crippen LogP contribution in [0.5, 0.6) is 5.75 Å². The number of nitrogen functional groups attached to an aromatic ring is 1. The van der Waals surface area contributed by atoms with Crippen molar-refractivity contribution in [3.8, 4) is 5.75 Å². The maximum Gasteiger partial charge on any atom is 0.183 e. The second kappa shape index (κ2) is 5.16. The second-order valence-corrected chi connectivity index (χ2v) is 6.46. The SMILES string of the molecule is COc1ccc(N)c(S(=O)(=O)C2CCOCC2)c1. The molecule has 1 saturated heterocycles. The zero-order valence-electron chi connectivity index (χ0n) is 10.3. The van der Waals surface area contributed by atoms with Crippen molar-refractivity contribution in [2.45, 2.75) is 23.0 Å². The van der Waals surface area contributed by atoms with E-state index in [0.717, 1.165) is 0 Å². The molecule has 0 atom stereocenters. The number of ether oxygens (including phenoxy) is 2. The minimum atomic E-state index is -3.41. The fourth-order valence-electron chi connectivity index (χ4n) is 2.05. The molecule has 1 fully saturated rings. The van der Waals surface area contributed by atoms with Gasteiger partial charge in [-0.05, 0) is 25.0 Å². The van der Waals surface area contributed by atoms with E-state index in [4.69, 9.17) is 15.2 Å². The lowest BCUT2D eigenvalue weighted by molar-refractivity contribution is 0.0983. The van der Waals surface area contributed by atoms with E-state index in [0.29, 0.717) is 31.8 Å². The maximum absolute atomic E-state index is 12.5. The first-order valence-corrected chi connectivity index (χ1v) is 7.35. The van der Waals surface area contributed by atoms with Gasteiger partial charge < -0.3 is 15.2 Å². The van der Waals surface area contributed by atoms with Gasteiger partial charge in [0.25, 0.3) is 0 Å². The highest BCUT2D eigenvalue weighted by atomic mass is 32.2. The summed E-state index contributed by atoms with van der Waals surface area (Å²) in [6.45, 7) is 0.960. The van der Waals surface area contributed by atoms with E-state index >= 15 is 0 Å². The Morgan fingerprint density at radius 1 is 1.33 bits per heavy atom. The van der Waals surface area contributed by atoms with Crippen molar-refractivity contribution in [2.24, 2.45) is 0 Å². The van der Waals surface area contributed by atoms with Crippen LogP contribution in [0.3, 0.4) is 0 Å². The smallest absolute Gasteiger partial charge is 0.183 e. The summed E-state index contributed by atoms with van der Waals surface area (Å²) in [4.78, 5) is 0.161. The van der Waals surface area contributed by atoms with E-state index in [1.807, 2.05) is 0 Å². The maximum atomic E-state index is 12.5. The van der Waals surface area contributed by atoms with Gasteiger partial charge in [-0.2, -0.15) is 0 Å². The van der Waals surface area contributed by atoms with E-state index in [1.54, 1.807) is 12.1 Å². The van der Waals surface area contributed by atoms with E-state index in [1.165, 1.54) is 13.2 Å². The minimum Gasteiger partial charge on any atom is -0.497 e. The fourth-order valence-corrected chi connectivity index (χ4v) is 3.90. The van der Waals surface area contributed by atoms with Crippen molar-refractivity contribution in [1.82, 2.24) is 0 Å². The summed E-state index contributed by atoms with van der Waals surface area (Å²) in [7, 11) is -1.91. The average molecular weight is 271 g/mol. The highest BCUT2D eigenvalue weighted by Gasteiger charge is 2.31. The molecule has 0 aliphatic carbocycles. The lowest BCUT2D eigenvalue weighted by atomic mass is 10.2. The molecule has 0 aromatic heterocycles. The zero-order valence-corrected chi connectivity index (χ0v) is 11.1. The van der Waals surface area contributed by atoms with Crippen LogP contribution >= 0.6 is 0 Å². The molecule has 2 rings (SSSR count). The lowest BCUT2D eigenvalue weighted by Gasteiger charge is -2.23. The Bertz CT molecular complexity index is 521. The molecule has 1 aliphatic heterocycles. The Labute approximate surface area is 107 Å². The van der Waals surface area contributed by atoms with Crippen LogP contribution in [0.25, 0.3) is 0 Å². The van der Waals surface area contributed by atoms with Gasteiger partial charge in [-0.3, -0.25) is 0 Å². The summed E-state index contributed by atoms with van der Waals surface area (Å²) in [5.74, 6) is 0.495. The van der Waals surface area contributed by atoms with Crippen LogP contribution in [0.2, 0.25) is 0 Å². The van der Waals surface area contributed by atoms with Gasteiger partial charge >= 0.3 is 0 Å². The number of hydrogen-bond acceptors (Lipinski definition) is 5. The predicted molar refractivity (Wildman–Crippen MR) is 68.4 cm³/mol. The summed E-state index contributed by atoms with van der Waals surface area (Å²) in [5, 5.41) is -0.416. The van der Waals surface area contributed by atoms with Crippen molar-refractivity contribution in [2.75, 3.05) is 26.1 Å². The van der Waals surface area contributed by atoms with Crippen LogP contribution in [0.4, 0.5) is 5.69 Å². The first-order valence-electron chi connectivity index (χ1n) is 5.81. The number of rotatable bonds is 3. The highest BCUT2D eigenvalue weighted by molar-refractivity contribution is 7.92. The van der Waals surface area contributed by atoms with Crippen LogP contribution in [0, 0.1) is 0 Å². The molecule has 0 bridgehead atoms. The molecule has 1 heterocycles. The zero-order chi connectivity index (χ0) is 13.2. The molecular formula is C12H17NO4S. The van der Waals surface area contributed by atoms with Gasteiger partial charge in [0, 0.05) is 19.3 Å². The van der Waals surface area contributed by atoms with Gasteiger partial charge in [-0.15, -0.1) is 0 Å². The Kier molecular flexibility index (Phi) is 3.77. The highest BCUT2D eigenvalue weighted by Crippen LogP contribution is 2.30. The first-order chi connectivity index (χ1) is 8.55. The molecule has 0 saturated carbocycles. The van der Waals surface area contributed by atoms with E-state index < -0.39 is 15.1 Å². The number of benzene rings is 1. The molecule has 6 heteroatoms. The molecule has 0 spiro atoms. The van der Waals surface area contributed by atoms with Crippen molar-refractivity contribution in [3.63, 3.8) is 0 Å². The van der Waals surface area contributed by atoms with Gasteiger partial charge in [0.2, 0.25) is 0 Å². The molecule has 1 aromatic rings. The van der Waals surface area contributed by atoms with Crippen molar-refractivity contribution >= 4 is 15.5 Å². The number of anilines is 1. The molecule has 5 nitrogen and oxygen atoms in total. The molecule has 0 unspecified atom stereocenters. The monoisotopic (exact) mass is 271 g/mol. The molecule has 0 radical (unpaired) electrons. The number of hydrogen-bond donors (Lipinski definition) is 1. The van der Waals surface area contributed by atoms with Gasteiger partial charge in [0.05, 0.1) is 22.9 Å². The summed E-state index contributed by atoms with van der Waals surface area (Å²) in [5.41, 5.74) is 6.04. The Hall–Kier alpha value is -1.27. The van der Waals surface area contributed by atoms with E-state index in [9.17, 15) is 8.42 Å². The summed E-state index contributed by atoms with van der Waals surface area (Å²) < 4.78 is 35.2. The number of sulfone groups is 1. The van der Waals surface area contributed by atoms with Gasteiger partial charge in [0.15, 0.2) is 9.84 Å². The van der Waals surface area contributed by atoms with Gasteiger partial charge in [-0.1, -0.05) is 0 Å². The van der Waals surface area contributed by atoms with Gasteiger partial charge in [0.1, 0.15) is 5.75 Å². The van der Waals surface area contributed by atoms with Crippen LogP contribution < -0.4 is 10.5 Å². The second-order valence-electron chi connectivity index (χ2n) is 4.26. The minimum absolute atomic E-state index is 0.161. The summed E-state index contributed by atoms with van der Waals surface area (Å²) >= 11 is 0. The topological polar surface area (TPSA) is 78.6 Å². The largest absolute Gasteiger partial charge is 0.497 e. The Morgan fingerprint density at radius 2 is 2.00 bits per heavy atom. The molecular weight excluding hydrogens is 254 g/mol. The molecule has 1 aliphatic rings. The fraction of sp³-hybridized carbons (Fsp3) is 0.500. The number of nitrogens with two attached hydrogens (primary N) is 1. The third kappa shape index (κ3) is 2.44. The quantitative estimate of drug-likeness (QED) is 0.836. The van der Waals surface area contributed by atoms with E-state index in [-0.39, 0.29) is 10.6 Å². The Morgan fingerprint density at radius 3 is 2.61 bits per heavy atom. The molecule has 2 N–H and O–H groups in total. The lowest BCUT2D eigenvalue weighted by Crippen LogP contribution is -2.29. The third-order valence-electron chi connectivity index (χ3n) is 3.13. The van der Waals surface area contributed by atoms with Gasteiger partial charge in [-0.25, -0.2) is 8.42 Å². The Balaban J connectivity index is 2.39. The first kappa shape index (κ1) is 13.2. The molecule has 18 heavy (non-hydrogen) atoms. The normalized spacial score (nSPS) is 17.6. The summed E-state index contributed by atoms with van der Waals surface area (Å²) in [6, 6.07) is 4.70. The van der Waals surface area contributed by atoms with Crippen LogP contribution in [-0.2, 0) is 14.6 Å². The van der Waals surface area contributed by atoms with E-state index in [2.05, 4.69) is 0 Å². The molecule has 100 valence electrons. The third-order valence-corrected chi connectivity index (χ3v) is 5.45. The van der Waals surface area contributed by atoms with Crippen LogP contribution in [0.15, 0.2) is 23.1 Å². The van der Waals surface area contributed by atoms with Crippen molar-refractivity contribution < 1.29 is 17.9 Å². The van der Waals surface area contributed by atoms with Crippen LogP contribution in [0.1, 0.15) is 12.8 Å². The summed E-state index contributed by atoms with van der Waals surface area (Å²) in [6.07, 6.45) is 1.03. The average Bonchev–Trinajstić information content (AvgIpc) is 2.40. The van der Waals surface area contributed by atoms with Crippen molar-refractivity contribution in [1.29, 1.82) is 0 Å². The molecule has 1 aromatic carbocycles.